The molecule has 0 saturated carbocycles. The van der Waals surface area contributed by atoms with Crippen molar-refractivity contribution in [2.45, 2.75) is 53.4 Å². The standard InChI is InChI=1S/C16H22O4.Na/c1-9(6-8-14(17)18)5-7-13-12(4)15(19)10(2)11(3)16(13)20;/h9H,5-8H2,1-4H3,(H,17,18);/q;+1/p-1. The zero-order valence-corrected chi connectivity index (χ0v) is 15.5. The fourth-order valence-corrected chi connectivity index (χ4v) is 2.36. The Kier molecular flexibility index (Phi) is 8.37. The van der Waals surface area contributed by atoms with Crippen molar-refractivity contribution in [1.82, 2.24) is 0 Å². The normalized spacial score (nSPS) is 17.0. The second-order valence-corrected chi connectivity index (χ2v) is 5.57. The molecule has 5 heteroatoms. The van der Waals surface area contributed by atoms with Gasteiger partial charge < -0.3 is 9.90 Å². The monoisotopic (exact) mass is 300 g/mol. The molecule has 0 aromatic rings. The van der Waals surface area contributed by atoms with E-state index in [1.165, 1.54) is 0 Å². The fraction of sp³-hybridized carbons (Fsp3) is 0.562. The van der Waals surface area contributed by atoms with E-state index < -0.39 is 5.97 Å². The summed E-state index contributed by atoms with van der Waals surface area (Å²) in [7, 11) is 0. The molecule has 1 aliphatic rings. The number of aliphatic carboxylic acids is 1. The van der Waals surface area contributed by atoms with Gasteiger partial charge in [0.25, 0.3) is 0 Å². The molecule has 0 spiro atoms. The molecular formula is C16H21NaO4. The van der Waals surface area contributed by atoms with E-state index in [1.54, 1.807) is 20.8 Å². The van der Waals surface area contributed by atoms with Crippen LogP contribution in [-0.4, -0.2) is 17.5 Å². The first-order valence-electron chi connectivity index (χ1n) is 6.92. The predicted octanol–water partition coefficient (Wildman–Crippen LogP) is -1.26. The van der Waals surface area contributed by atoms with Crippen molar-refractivity contribution >= 4 is 17.5 Å². The van der Waals surface area contributed by atoms with Gasteiger partial charge in [0.1, 0.15) is 0 Å². The number of carbonyl (C=O) groups is 3. The van der Waals surface area contributed by atoms with Crippen LogP contribution in [0.4, 0.5) is 0 Å². The molecule has 0 fully saturated rings. The van der Waals surface area contributed by atoms with Crippen LogP contribution in [0.2, 0.25) is 0 Å². The molecule has 0 heterocycles. The Hall–Kier alpha value is -0.710. The first kappa shape index (κ1) is 20.3. The van der Waals surface area contributed by atoms with Gasteiger partial charge in [0, 0.05) is 28.3 Å². The summed E-state index contributed by atoms with van der Waals surface area (Å²) in [6.07, 6.45) is 1.79. The molecule has 21 heavy (non-hydrogen) atoms. The molecule has 1 aliphatic carbocycles. The van der Waals surface area contributed by atoms with Crippen LogP contribution >= 0.6 is 0 Å². The van der Waals surface area contributed by atoms with Gasteiger partial charge in [-0.1, -0.05) is 6.92 Å². The van der Waals surface area contributed by atoms with Gasteiger partial charge in [-0.25, -0.2) is 0 Å². The predicted molar refractivity (Wildman–Crippen MR) is 73.7 cm³/mol. The van der Waals surface area contributed by atoms with E-state index in [4.69, 9.17) is 0 Å². The minimum absolute atomic E-state index is 0. The summed E-state index contributed by atoms with van der Waals surface area (Å²) in [5, 5.41) is 10.4. The SMILES string of the molecule is CC1=C(C)C(=O)C(CCC(C)CCC(=O)[O-])=C(C)C1=O.[Na+]. The Morgan fingerprint density at radius 3 is 2.05 bits per heavy atom. The minimum atomic E-state index is -1.05. The summed E-state index contributed by atoms with van der Waals surface area (Å²) in [4.78, 5) is 34.6. The molecule has 1 atom stereocenters. The molecule has 1 unspecified atom stereocenters. The maximum atomic E-state index is 12.2. The minimum Gasteiger partial charge on any atom is -0.550 e. The number of carbonyl (C=O) groups excluding carboxylic acids is 3. The van der Waals surface area contributed by atoms with Gasteiger partial charge in [-0.3, -0.25) is 9.59 Å². The maximum absolute atomic E-state index is 12.2. The zero-order valence-electron chi connectivity index (χ0n) is 13.5. The number of carboxylic acid groups (broad SMARTS) is 1. The van der Waals surface area contributed by atoms with Gasteiger partial charge in [0.05, 0.1) is 0 Å². The Bertz CT molecular complexity index is 514. The topological polar surface area (TPSA) is 74.3 Å². The fourth-order valence-electron chi connectivity index (χ4n) is 2.36. The van der Waals surface area contributed by atoms with Gasteiger partial charge in [-0.05, 0) is 52.4 Å². The zero-order chi connectivity index (χ0) is 15.4. The molecule has 0 aromatic heterocycles. The number of allylic oxidation sites excluding steroid dienone is 4. The summed E-state index contributed by atoms with van der Waals surface area (Å²) >= 11 is 0. The summed E-state index contributed by atoms with van der Waals surface area (Å²) in [5.74, 6) is -0.972. The third-order valence-electron chi connectivity index (χ3n) is 4.04. The van der Waals surface area contributed by atoms with Crippen molar-refractivity contribution in [2.24, 2.45) is 5.92 Å². The van der Waals surface area contributed by atoms with Crippen molar-refractivity contribution in [2.75, 3.05) is 0 Å². The molecule has 0 aromatic carbocycles. The molecule has 4 nitrogen and oxygen atoms in total. The number of ketones is 2. The first-order valence-corrected chi connectivity index (χ1v) is 6.92. The van der Waals surface area contributed by atoms with E-state index >= 15 is 0 Å². The summed E-state index contributed by atoms with van der Waals surface area (Å²) in [6.45, 7) is 7.00. The van der Waals surface area contributed by atoms with E-state index in [1.807, 2.05) is 6.92 Å². The van der Waals surface area contributed by atoms with Crippen LogP contribution in [0.1, 0.15) is 53.4 Å². The average molecular weight is 300 g/mol. The third-order valence-corrected chi connectivity index (χ3v) is 4.04. The van der Waals surface area contributed by atoms with Gasteiger partial charge in [-0.2, -0.15) is 0 Å². The van der Waals surface area contributed by atoms with E-state index in [0.717, 1.165) is 0 Å². The Morgan fingerprint density at radius 1 is 1.00 bits per heavy atom. The second kappa shape index (κ2) is 8.66. The molecule has 1 rings (SSSR count). The van der Waals surface area contributed by atoms with Gasteiger partial charge >= 0.3 is 29.6 Å². The first-order chi connectivity index (χ1) is 9.25. The van der Waals surface area contributed by atoms with Crippen molar-refractivity contribution in [1.29, 1.82) is 0 Å². The quantitative estimate of drug-likeness (QED) is 0.453. The van der Waals surface area contributed by atoms with Crippen molar-refractivity contribution in [3.05, 3.63) is 22.3 Å². The van der Waals surface area contributed by atoms with Crippen LogP contribution in [0, 0.1) is 5.92 Å². The molecular weight excluding hydrogens is 279 g/mol. The van der Waals surface area contributed by atoms with Crippen LogP contribution in [0.3, 0.4) is 0 Å². The summed E-state index contributed by atoms with van der Waals surface area (Å²) in [5.41, 5.74) is 2.17. The van der Waals surface area contributed by atoms with E-state index in [2.05, 4.69) is 0 Å². The van der Waals surface area contributed by atoms with Crippen LogP contribution < -0.4 is 34.7 Å². The molecule has 0 aliphatic heterocycles. The number of Topliss-reactive ketones (excluding diaryl/α,β-unsaturated/α-hetero) is 2. The van der Waals surface area contributed by atoms with Crippen LogP contribution in [0.5, 0.6) is 0 Å². The Balaban J connectivity index is 0.00000400. The summed E-state index contributed by atoms with van der Waals surface area (Å²) in [6, 6.07) is 0. The molecule has 0 N–H and O–H groups in total. The van der Waals surface area contributed by atoms with E-state index in [9.17, 15) is 19.5 Å². The molecule has 0 amide bonds. The van der Waals surface area contributed by atoms with Crippen LogP contribution in [-0.2, 0) is 14.4 Å². The molecule has 0 saturated heterocycles. The van der Waals surface area contributed by atoms with E-state index in [-0.39, 0.29) is 53.5 Å². The third kappa shape index (κ3) is 5.20. The van der Waals surface area contributed by atoms with Gasteiger partial charge in [0.15, 0.2) is 11.6 Å². The molecule has 0 radical (unpaired) electrons. The van der Waals surface area contributed by atoms with Crippen LogP contribution in [0.25, 0.3) is 0 Å². The van der Waals surface area contributed by atoms with Crippen molar-refractivity contribution in [3.63, 3.8) is 0 Å². The van der Waals surface area contributed by atoms with Crippen LogP contribution in [0.15, 0.2) is 22.3 Å². The number of rotatable bonds is 6. The summed E-state index contributed by atoms with van der Waals surface area (Å²) < 4.78 is 0. The van der Waals surface area contributed by atoms with E-state index in [0.29, 0.717) is 41.6 Å². The Labute approximate surface area is 148 Å². The Morgan fingerprint density at radius 2 is 1.52 bits per heavy atom. The smallest absolute Gasteiger partial charge is 0.550 e. The maximum Gasteiger partial charge on any atom is 1.00 e. The average Bonchev–Trinajstić information content (AvgIpc) is 2.40. The van der Waals surface area contributed by atoms with Crippen molar-refractivity contribution in [3.8, 4) is 0 Å². The van der Waals surface area contributed by atoms with Crippen molar-refractivity contribution < 1.29 is 49.0 Å². The largest absolute Gasteiger partial charge is 1.00 e. The number of carboxylic acids is 1. The second-order valence-electron chi connectivity index (χ2n) is 5.57. The van der Waals surface area contributed by atoms with Gasteiger partial charge in [0.2, 0.25) is 0 Å². The van der Waals surface area contributed by atoms with Gasteiger partial charge in [-0.15, -0.1) is 0 Å². The number of hydrogen-bond acceptors (Lipinski definition) is 4. The number of hydrogen-bond donors (Lipinski definition) is 0. The molecule has 110 valence electrons. The molecule has 0 bridgehead atoms.